The van der Waals surface area contributed by atoms with Crippen LogP contribution in [0.3, 0.4) is 0 Å². The zero-order chi connectivity index (χ0) is 18.9. The minimum Gasteiger partial charge on any atom is -0.378 e. The van der Waals surface area contributed by atoms with E-state index in [2.05, 4.69) is 64.2 Å². The van der Waals surface area contributed by atoms with E-state index in [1.54, 1.807) is 0 Å². The number of morpholine rings is 1. The van der Waals surface area contributed by atoms with Crippen LogP contribution in [-0.4, -0.2) is 54.8 Å². The van der Waals surface area contributed by atoms with Crippen LogP contribution in [0.4, 0.5) is 5.69 Å². The Bertz CT molecular complexity index is 970. The van der Waals surface area contributed by atoms with Crippen LogP contribution in [0, 0.1) is 5.92 Å². The molecule has 2 fully saturated rings. The normalized spacial score (nSPS) is 17.7. The molecule has 0 unspecified atom stereocenters. The average molecular weight is 375 g/mol. The molecule has 144 valence electrons. The van der Waals surface area contributed by atoms with Gasteiger partial charge in [0, 0.05) is 61.4 Å². The fourth-order valence-corrected chi connectivity index (χ4v) is 4.32. The Morgan fingerprint density at radius 3 is 2.46 bits per heavy atom. The lowest BCUT2D eigenvalue weighted by Crippen LogP contribution is -2.48. The first-order valence-corrected chi connectivity index (χ1v) is 10.0. The van der Waals surface area contributed by atoms with E-state index < -0.39 is 0 Å². The Balaban J connectivity index is 1.35. The molecule has 0 radical (unpaired) electrons. The van der Waals surface area contributed by atoms with Crippen molar-refractivity contribution in [2.24, 2.45) is 5.92 Å². The summed E-state index contributed by atoms with van der Waals surface area (Å²) >= 11 is 0. The average Bonchev–Trinajstić information content (AvgIpc) is 3.10. The second-order valence-electron chi connectivity index (χ2n) is 7.72. The first kappa shape index (κ1) is 17.3. The lowest BCUT2D eigenvalue weighted by atomic mass is 9.99. The Labute approximate surface area is 165 Å². The highest BCUT2D eigenvalue weighted by atomic mass is 16.5. The highest BCUT2D eigenvalue weighted by Gasteiger charge is 2.28. The number of ether oxygens (including phenoxy) is 1. The molecule has 28 heavy (non-hydrogen) atoms. The van der Waals surface area contributed by atoms with Crippen LogP contribution in [0.1, 0.15) is 10.4 Å². The molecule has 0 bridgehead atoms. The van der Waals surface area contributed by atoms with E-state index in [0.29, 0.717) is 32.2 Å². The number of amides is 1. The van der Waals surface area contributed by atoms with Gasteiger partial charge in [-0.2, -0.15) is 0 Å². The molecule has 5 nitrogen and oxygen atoms in total. The zero-order valence-electron chi connectivity index (χ0n) is 16.0. The first-order valence-electron chi connectivity index (χ1n) is 10.0. The minimum absolute atomic E-state index is 0.123. The van der Waals surface area contributed by atoms with Gasteiger partial charge in [-0.15, -0.1) is 0 Å². The number of para-hydroxylation sites is 2. The summed E-state index contributed by atoms with van der Waals surface area (Å²) in [6, 6.07) is 18.8. The number of hydrogen-bond acceptors (Lipinski definition) is 3. The molecule has 0 atom stereocenters. The third kappa shape index (κ3) is 3.16. The molecule has 0 N–H and O–H groups in total. The number of anilines is 1. The molecule has 1 aromatic heterocycles. The lowest BCUT2D eigenvalue weighted by molar-refractivity contribution is 0.0304. The summed E-state index contributed by atoms with van der Waals surface area (Å²) in [5, 5.41) is 1.05. The monoisotopic (exact) mass is 375 g/mol. The van der Waals surface area contributed by atoms with Gasteiger partial charge >= 0.3 is 0 Å². The zero-order valence-corrected chi connectivity index (χ0v) is 16.0. The third-order valence-corrected chi connectivity index (χ3v) is 5.85. The Kier molecular flexibility index (Phi) is 4.53. The van der Waals surface area contributed by atoms with Gasteiger partial charge in [-0.1, -0.05) is 36.4 Å². The van der Waals surface area contributed by atoms with Gasteiger partial charge in [0.25, 0.3) is 5.91 Å². The van der Waals surface area contributed by atoms with Crippen LogP contribution >= 0.6 is 0 Å². The topological polar surface area (TPSA) is 37.7 Å². The third-order valence-electron chi connectivity index (χ3n) is 5.85. The predicted molar refractivity (Wildman–Crippen MR) is 111 cm³/mol. The number of hydrogen-bond donors (Lipinski definition) is 0. The van der Waals surface area contributed by atoms with Crippen LogP contribution in [0.2, 0.25) is 0 Å². The second kappa shape index (κ2) is 7.32. The lowest BCUT2D eigenvalue weighted by Gasteiger charge is -2.41. The molecular weight excluding hydrogens is 350 g/mol. The first-order chi connectivity index (χ1) is 13.8. The maximum atomic E-state index is 13.1. The van der Waals surface area contributed by atoms with Crippen molar-refractivity contribution in [3.63, 3.8) is 0 Å². The van der Waals surface area contributed by atoms with Crippen molar-refractivity contribution in [3.05, 3.63) is 66.4 Å². The van der Waals surface area contributed by atoms with Gasteiger partial charge in [0.15, 0.2) is 0 Å². The molecule has 2 aliphatic heterocycles. The fraction of sp³-hybridized carbons (Fsp3) is 0.348. The van der Waals surface area contributed by atoms with Crippen LogP contribution in [0.15, 0.2) is 60.8 Å². The molecule has 0 aliphatic carbocycles. The predicted octanol–water partition coefficient (Wildman–Crippen LogP) is 3.25. The Morgan fingerprint density at radius 2 is 1.68 bits per heavy atom. The maximum Gasteiger partial charge on any atom is 0.256 e. The van der Waals surface area contributed by atoms with Gasteiger partial charge in [-0.25, -0.2) is 0 Å². The quantitative estimate of drug-likeness (QED) is 0.703. The van der Waals surface area contributed by atoms with Crippen molar-refractivity contribution in [2.45, 2.75) is 6.54 Å². The molecule has 0 spiro atoms. The molecule has 1 amide bonds. The second-order valence-corrected chi connectivity index (χ2v) is 7.72. The van der Waals surface area contributed by atoms with E-state index in [9.17, 15) is 4.79 Å². The molecular formula is C23H25N3O2. The van der Waals surface area contributed by atoms with E-state index >= 15 is 0 Å². The number of carbonyl (C=O) groups is 1. The van der Waals surface area contributed by atoms with Crippen molar-refractivity contribution in [2.75, 3.05) is 44.3 Å². The number of carbonyl (C=O) groups excluding carboxylic acids is 1. The summed E-state index contributed by atoms with van der Waals surface area (Å²) in [7, 11) is 0. The van der Waals surface area contributed by atoms with Gasteiger partial charge in [0.05, 0.1) is 18.8 Å². The molecule has 2 saturated heterocycles. The SMILES string of the molecule is O=C(c1cn(CC2CN(c3ccccc3)C2)c2ccccc12)N1CCOCC1. The van der Waals surface area contributed by atoms with Crippen molar-refractivity contribution < 1.29 is 9.53 Å². The molecule has 3 heterocycles. The van der Waals surface area contributed by atoms with Gasteiger partial charge in [0.2, 0.25) is 0 Å². The molecule has 5 rings (SSSR count). The van der Waals surface area contributed by atoms with Gasteiger partial charge in [-0.05, 0) is 18.2 Å². The summed E-state index contributed by atoms with van der Waals surface area (Å²) in [6.45, 7) is 5.66. The van der Waals surface area contributed by atoms with Crippen LogP contribution in [-0.2, 0) is 11.3 Å². The number of nitrogens with zero attached hydrogens (tertiary/aromatic N) is 3. The number of fused-ring (bicyclic) bond motifs is 1. The molecule has 2 aromatic carbocycles. The summed E-state index contributed by atoms with van der Waals surface area (Å²) in [5.74, 6) is 0.722. The molecule has 3 aromatic rings. The maximum absolute atomic E-state index is 13.1. The minimum atomic E-state index is 0.123. The Morgan fingerprint density at radius 1 is 0.964 bits per heavy atom. The van der Waals surface area contributed by atoms with Crippen molar-refractivity contribution in [1.82, 2.24) is 9.47 Å². The largest absolute Gasteiger partial charge is 0.378 e. The van der Waals surface area contributed by atoms with E-state index in [1.165, 1.54) is 5.69 Å². The summed E-state index contributed by atoms with van der Waals surface area (Å²) in [4.78, 5) is 17.4. The summed E-state index contributed by atoms with van der Waals surface area (Å²) in [6.07, 6.45) is 2.06. The summed E-state index contributed by atoms with van der Waals surface area (Å²) in [5.41, 5.74) is 3.26. The van der Waals surface area contributed by atoms with E-state index in [0.717, 1.165) is 36.1 Å². The standard InChI is InChI=1S/C23H25N3O2/c27-23(24-10-12-28-13-11-24)21-17-26(22-9-5-4-8-20(21)22)16-18-14-25(15-18)19-6-2-1-3-7-19/h1-9,17-18H,10-16H2. The van der Waals surface area contributed by atoms with Crippen molar-refractivity contribution >= 4 is 22.5 Å². The van der Waals surface area contributed by atoms with E-state index in [-0.39, 0.29) is 5.91 Å². The molecule has 0 saturated carbocycles. The number of rotatable bonds is 4. The smallest absolute Gasteiger partial charge is 0.256 e. The number of benzene rings is 2. The molecule has 2 aliphatic rings. The Hall–Kier alpha value is -2.79. The van der Waals surface area contributed by atoms with Crippen LogP contribution < -0.4 is 4.90 Å². The van der Waals surface area contributed by atoms with Gasteiger partial charge in [0.1, 0.15) is 0 Å². The molecule has 5 heteroatoms. The van der Waals surface area contributed by atoms with Crippen molar-refractivity contribution in [3.8, 4) is 0 Å². The summed E-state index contributed by atoms with van der Waals surface area (Å²) < 4.78 is 7.67. The van der Waals surface area contributed by atoms with Gasteiger partial charge in [-0.3, -0.25) is 4.79 Å². The van der Waals surface area contributed by atoms with E-state index in [4.69, 9.17) is 4.74 Å². The van der Waals surface area contributed by atoms with Gasteiger partial charge < -0.3 is 19.1 Å². The highest BCUT2D eigenvalue weighted by Crippen LogP contribution is 2.28. The fourth-order valence-electron chi connectivity index (χ4n) is 4.32. The highest BCUT2D eigenvalue weighted by molar-refractivity contribution is 6.07. The van der Waals surface area contributed by atoms with Crippen LogP contribution in [0.5, 0.6) is 0 Å². The van der Waals surface area contributed by atoms with Crippen molar-refractivity contribution in [1.29, 1.82) is 0 Å². The number of aromatic nitrogens is 1. The van der Waals surface area contributed by atoms with E-state index in [1.807, 2.05) is 11.0 Å². The van der Waals surface area contributed by atoms with Crippen LogP contribution in [0.25, 0.3) is 10.9 Å².